The zero-order valence-corrected chi connectivity index (χ0v) is 15.7. The van der Waals surface area contributed by atoms with E-state index >= 15 is 0 Å². The van der Waals surface area contributed by atoms with Gasteiger partial charge in [0.25, 0.3) is 0 Å². The minimum Gasteiger partial charge on any atom is -0.380 e. The second kappa shape index (κ2) is 9.21. The Kier molecular flexibility index (Phi) is 8.33. The highest BCUT2D eigenvalue weighted by Gasteiger charge is 2.20. The van der Waals surface area contributed by atoms with Gasteiger partial charge in [-0.05, 0) is 17.3 Å². The van der Waals surface area contributed by atoms with Crippen LogP contribution in [-0.2, 0) is 9.47 Å². The van der Waals surface area contributed by atoms with E-state index in [0.29, 0.717) is 16.9 Å². The Hall–Kier alpha value is -0.160. The average molecular weight is 315 g/mol. The molecule has 0 spiro atoms. The second-order valence-electron chi connectivity index (χ2n) is 8.91. The minimum absolute atomic E-state index is 0.311. The zero-order valence-electron chi connectivity index (χ0n) is 15.7. The van der Waals surface area contributed by atoms with E-state index in [1.807, 2.05) is 0 Å². The number of morpholine rings is 1. The highest BCUT2D eigenvalue weighted by atomic mass is 16.5. The minimum atomic E-state index is 0.311. The first-order valence-corrected chi connectivity index (χ1v) is 8.78. The van der Waals surface area contributed by atoms with E-state index in [9.17, 15) is 0 Å². The normalized spacial score (nSPS) is 21.3. The lowest BCUT2D eigenvalue weighted by atomic mass is 9.93. The van der Waals surface area contributed by atoms with Crippen LogP contribution in [0.1, 0.15) is 48.0 Å². The number of hydrogen-bond donors (Lipinski definition) is 1. The Balaban J connectivity index is 2.10. The van der Waals surface area contributed by atoms with E-state index in [1.54, 1.807) is 0 Å². The summed E-state index contributed by atoms with van der Waals surface area (Å²) < 4.78 is 11.6. The van der Waals surface area contributed by atoms with Gasteiger partial charge < -0.3 is 14.8 Å². The van der Waals surface area contributed by atoms with Crippen LogP contribution in [0.5, 0.6) is 0 Å². The van der Waals surface area contributed by atoms with E-state index in [-0.39, 0.29) is 0 Å². The first-order valence-electron chi connectivity index (χ1n) is 8.78. The summed E-state index contributed by atoms with van der Waals surface area (Å²) in [5, 5.41) is 3.53. The summed E-state index contributed by atoms with van der Waals surface area (Å²) in [7, 11) is 0. The third-order valence-corrected chi connectivity index (χ3v) is 3.80. The predicted octanol–water partition coefficient (Wildman–Crippen LogP) is 2.78. The molecule has 1 rings (SSSR count). The van der Waals surface area contributed by atoms with E-state index in [4.69, 9.17) is 9.47 Å². The molecule has 4 nitrogen and oxygen atoms in total. The molecular formula is C18H38N2O2. The van der Waals surface area contributed by atoms with Crippen LogP contribution in [0.15, 0.2) is 0 Å². The van der Waals surface area contributed by atoms with Gasteiger partial charge in [0, 0.05) is 39.3 Å². The maximum absolute atomic E-state index is 5.85. The van der Waals surface area contributed by atoms with Gasteiger partial charge in [-0.25, -0.2) is 0 Å². The van der Waals surface area contributed by atoms with E-state index < -0.39 is 0 Å². The van der Waals surface area contributed by atoms with Gasteiger partial charge >= 0.3 is 0 Å². The third kappa shape index (κ3) is 10.5. The Labute approximate surface area is 137 Å². The molecule has 1 unspecified atom stereocenters. The van der Waals surface area contributed by atoms with Crippen molar-refractivity contribution >= 4 is 0 Å². The molecule has 1 fully saturated rings. The lowest BCUT2D eigenvalue weighted by molar-refractivity contribution is -0.0361. The van der Waals surface area contributed by atoms with Crippen LogP contribution in [0.25, 0.3) is 0 Å². The van der Waals surface area contributed by atoms with Crippen LogP contribution in [-0.4, -0.2) is 63.5 Å². The molecule has 1 heterocycles. The van der Waals surface area contributed by atoms with Crippen molar-refractivity contribution in [1.82, 2.24) is 10.2 Å². The van der Waals surface area contributed by atoms with Gasteiger partial charge in [0.1, 0.15) is 0 Å². The molecular weight excluding hydrogens is 276 g/mol. The predicted molar refractivity (Wildman–Crippen MR) is 93.4 cm³/mol. The number of rotatable bonds is 8. The van der Waals surface area contributed by atoms with Crippen molar-refractivity contribution in [2.45, 2.75) is 54.1 Å². The van der Waals surface area contributed by atoms with Gasteiger partial charge in [-0.15, -0.1) is 0 Å². The summed E-state index contributed by atoms with van der Waals surface area (Å²) >= 11 is 0. The van der Waals surface area contributed by atoms with Gasteiger partial charge in [-0.2, -0.15) is 0 Å². The van der Waals surface area contributed by atoms with Crippen LogP contribution < -0.4 is 5.32 Å². The number of nitrogens with one attached hydrogen (secondary N) is 1. The number of nitrogens with zero attached hydrogens (tertiary/aromatic N) is 1. The highest BCUT2D eigenvalue weighted by Crippen LogP contribution is 2.17. The summed E-state index contributed by atoms with van der Waals surface area (Å²) in [6.45, 7) is 21.1. The molecule has 1 N–H and O–H groups in total. The quantitative estimate of drug-likeness (QED) is 0.699. The second-order valence-corrected chi connectivity index (χ2v) is 8.91. The molecule has 0 aromatic heterocycles. The number of ether oxygens (including phenoxy) is 2. The molecule has 132 valence electrons. The molecule has 0 aromatic carbocycles. The van der Waals surface area contributed by atoms with Crippen molar-refractivity contribution in [2.75, 3.05) is 52.5 Å². The molecule has 4 heteroatoms. The van der Waals surface area contributed by atoms with Crippen molar-refractivity contribution in [1.29, 1.82) is 0 Å². The largest absolute Gasteiger partial charge is 0.380 e. The maximum Gasteiger partial charge on any atom is 0.0826 e. The molecule has 1 aliphatic heterocycles. The summed E-state index contributed by atoms with van der Waals surface area (Å²) in [6, 6.07) is 0. The molecule has 1 atom stereocenters. The topological polar surface area (TPSA) is 33.7 Å². The van der Waals surface area contributed by atoms with E-state index in [1.165, 1.54) is 0 Å². The Morgan fingerprint density at radius 3 is 2.45 bits per heavy atom. The summed E-state index contributed by atoms with van der Waals surface area (Å²) in [5.74, 6) is 0. The molecule has 0 bridgehead atoms. The summed E-state index contributed by atoms with van der Waals surface area (Å²) in [5.41, 5.74) is 0.692. The molecule has 0 radical (unpaired) electrons. The fraction of sp³-hybridized carbons (Fsp3) is 1.00. The Morgan fingerprint density at radius 1 is 1.09 bits per heavy atom. The van der Waals surface area contributed by atoms with Crippen LogP contribution >= 0.6 is 0 Å². The van der Waals surface area contributed by atoms with Crippen molar-refractivity contribution in [2.24, 2.45) is 10.8 Å². The smallest absolute Gasteiger partial charge is 0.0826 e. The lowest BCUT2D eigenvalue weighted by Crippen LogP contribution is -2.48. The average Bonchev–Trinajstić information content (AvgIpc) is 2.36. The fourth-order valence-corrected chi connectivity index (χ4v) is 2.39. The monoisotopic (exact) mass is 314 g/mol. The lowest BCUT2D eigenvalue weighted by Gasteiger charge is -2.33. The first kappa shape index (κ1) is 19.9. The summed E-state index contributed by atoms with van der Waals surface area (Å²) in [4.78, 5) is 2.46. The van der Waals surface area contributed by atoms with Gasteiger partial charge in [-0.3, -0.25) is 4.90 Å². The van der Waals surface area contributed by atoms with Crippen LogP contribution in [0, 0.1) is 10.8 Å². The molecule has 0 amide bonds. The summed E-state index contributed by atoms with van der Waals surface area (Å²) in [6.07, 6.45) is 1.43. The fourth-order valence-electron chi connectivity index (χ4n) is 2.39. The van der Waals surface area contributed by atoms with Gasteiger partial charge in [-0.1, -0.05) is 41.5 Å². The van der Waals surface area contributed by atoms with Crippen LogP contribution in [0.3, 0.4) is 0 Å². The van der Waals surface area contributed by atoms with Crippen molar-refractivity contribution in [3.8, 4) is 0 Å². The first-order chi connectivity index (χ1) is 10.2. The van der Waals surface area contributed by atoms with Crippen LogP contribution in [0.4, 0.5) is 0 Å². The van der Waals surface area contributed by atoms with Crippen molar-refractivity contribution in [3.05, 3.63) is 0 Å². The third-order valence-electron chi connectivity index (χ3n) is 3.80. The van der Waals surface area contributed by atoms with Gasteiger partial charge in [0.15, 0.2) is 0 Å². The maximum atomic E-state index is 5.85. The van der Waals surface area contributed by atoms with Gasteiger partial charge in [0.2, 0.25) is 0 Å². The number of hydrogen-bond acceptors (Lipinski definition) is 4. The SMILES string of the molecule is CC(C)(C)CCOCCN1CCOC(CNCC(C)(C)C)C1. The Morgan fingerprint density at radius 2 is 1.82 bits per heavy atom. The van der Waals surface area contributed by atoms with Crippen molar-refractivity contribution < 1.29 is 9.47 Å². The van der Waals surface area contributed by atoms with E-state index in [0.717, 1.165) is 59.0 Å². The van der Waals surface area contributed by atoms with E-state index in [2.05, 4.69) is 51.8 Å². The molecule has 22 heavy (non-hydrogen) atoms. The standard InChI is InChI=1S/C18H38N2O2/c1-17(2,3)7-10-21-11-8-20-9-12-22-16(14-20)13-19-15-18(4,5)6/h16,19H,7-15H2,1-6H3. The highest BCUT2D eigenvalue weighted by molar-refractivity contribution is 4.75. The zero-order chi connectivity index (χ0) is 16.6. The molecule has 0 aromatic rings. The molecule has 0 aliphatic carbocycles. The van der Waals surface area contributed by atoms with Crippen molar-refractivity contribution in [3.63, 3.8) is 0 Å². The molecule has 0 saturated carbocycles. The van der Waals surface area contributed by atoms with Gasteiger partial charge in [0.05, 0.1) is 19.3 Å². The van der Waals surface area contributed by atoms with Crippen LogP contribution in [0.2, 0.25) is 0 Å². The molecule has 1 aliphatic rings. The Bertz CT molecular complexity index is 294. The molecule has 1 saturated heterocycles.